The summed E-state index contributed by atoms with van der Waals surface area (Å²) in [7, 11) is 0. The van der Waals surface area contributed by atoms with E-state index in [1.807, 2.05) is 30.3 Å². The minimum atomic E-state index is -0.395. The third-order valence-electron chi connectivity index (χ3n) is 2.60. The molecule has 1 rings (SSSR count). The number of aliphatic hydroxyl groups excluding tert-OH is 1. The van der Waals surface area contributed by atoms with Gasteiger partial charge < -0.3 is 0 Å². The van der Waals surface area contributed by atoms with E-state index >= 15 is 0 Å². The number of hydrogen-bond acceptors (Lipinski definition) is 1. The number of hydrogen-bond donors (Lipinski definition) is 1. The molecule has 1 atom stereocenters. The first kappa shape index (κ1) is 14.5. The third-order valence-corrected chi connectivity index (χ3v) is 4.72. The summed E-state index contributed by atoms with van der Waals surface area (Å²) in [5.41, 5.74) is 1.02. The van der Waals surface area contributed by atoms with Crippen LogP contribution in [0, 0.1) is 0 Å². The molecule has 0 amide bonds. The van der Waals surface area contributed by atoms with E-state index in [1.54, 1.807) is 0 Å². The van der Waals surface area contributed by atoms with Crippen molar-refractivity contribution in [1.29, 1.82) is 0 Å². The molecule has 0 aliphatic carbocycles. The van der Waals surface area contributed by atoms with Crippen LogP contribution in [0.15, 0.2) is 40.9 Å². The number of allylic oxidation sites excluding steroid dienone is 1. The monoisotopic (exact) mass is 298 g/mol. The van der Waals surface area contributed by atoms with Crippen molar-refractivity contribution in [2.24, 2.45) is 0 Å². The first-order valence-corrected chi connectivity index (χ1v) is 8.42. The summed E-state index contributed by atoms with van der Waals surface area (Å²) in [5, 5.41) is 11.5. The Kier molecular flexibility index (Phi) is 7.27. The fourth-order valence-corrected chi connectivity index (χ4v) is 3.47. The van der Waals surface area contributed by atoms with Gasteiger partial charge in [-0.2, -0.15) is 0 Å². The summed E-state index contributed by atoms with van der Waals surface area (Å²) in [6.07, 6.45) is 5.38. The Morgan fingerprint density at radius 2 is 2.00 bits per heavy atom. The average molecular weight is 297 g/mol. The maximum absolute atomic E-state index is 10.4. The molecule has 2 heteroatoms. The molecule has 1 nitrogen and oxygen atoms in total. The Labute approximate surface area is 111 Å². The molecule has 94 valence electrons. The van der Waals surface area contributed by atoms with Crippen LogP contribution in [0.4, 0.5) is 0 Å². The third kappa shape index (κ3) is 5.08. The summed E-state index contributed by atoms with van der Waals surface area (Å²) in [6.45, 7) is 4.39. The second-order valence-electron chi connectivity index (χ2n) is 3.99. The van der Waals surface area contributed by atoms with Gasteiger partial charge in [0, 0.05) is 0 Å². The Hall–Kier alpha value is -0.561. The predicted molar refractivity (Wildman–Crippen MR) is 75.2 cm³/mol. The van der Waals surface area contributed by atoms with Crippen molar-refractivity contribution in [2.75, 3.05) is 0 Å². The molecule has 0 aromatic heterocycles. The van der Waals surface area contributed by atoms with E-state index in [9.17, 15) is 5.11 Å². The summed E-state index contributed by atoms with van der Waals surface area (Å²) in [5.74, 6) is 0. The van der Waals surface area contributed by atoms with Crippen LogP contribution >= 0.6 is 0 Å². The van der Waals surface area contributed by atoms with Gasteiger partial charge in [-0.15, -0.1) is 0 Å². The first-order chi connectivity index (χ1) is 8.29. The number of rotatable bonds is 7. The van der Waals surface area contributed by atoms with Crippen molar-refractivity contribution in [1.82, 2.24) is 0 Å². The molecule has 0 aliphatic rings. The van der Waals surface area contributed by atoms with E-state index in [0.29, 0.717) is 15.0 Å². The molecule has 0 aliphatic heterocycles. The van der Waals surface area contributed by atoms with E-state index in [1.165, 1.54) is 17.3 Å². The Morgan fingerprint density at radius 1 is 1.29 bits per heavy atom. The van der Waals surface area contributed by atoms with Crippen molar-refractivity contribution in [3.05, 3.63) is 46.4 Å². The maximum atomic E-state index is 10.4. The summed E-state index contributed by atoms with van der Waals surface area (Å²) < 4.78 is 1.24. The summed E-state index contributed by atoms with van der Waals surface area (Å²) in [6, 6.07) is 9.97. The topological polar surface area (TPSA) is 20.2 Å². The van der Waals surface area contributed by atoms with Crippen molar-refractivity contribution in [3.8, 4) is 0 Å². The number of aliphatic hydroxyl groups is 1. The van der Waals surface area contributed by atoms with Crippen LogP contribution in [0.25, 0.3) is 0 Å². The van der Waals surface area contributed by atoms with E-state index < -0.39 is 6.10 Å². The molecule has 0 saturated heterocycles. The van der Waals surface area contributed by atoms with Crippen LogP contribution in [0.5, 0.6) is 0 Å². The Balaban J connectivity index is 2.73. The van der Waals surface area contributed by atoms with Gasteiger partial charge in [0.05, 0.1) is 0 Å². The zero-order valence-corrected chi connectivity index (χ0v) is 12.4. The molecule has 0 bridgehead atoms. The minimum absolute atomic E-state index is 0.395. The van der Waals surface area contributed by atoms with Gasteiger partial charge in [-0.05, 0) is 0 Å². The van der Waals surface area contributed by atoms with E-state index in [4.69, 9.17) is 0 Å². The fraction of sp³-hybridized carbons (Fsp3) is 0.467. The van der Waals surface area contributed by atoms with Gasteiger partial charge in [-0.3, -0.25) is 0 Å². The van der Waals surface area contributed by atoms with Crippen molar-refractivity contribution in [3.63, 3.8) is 0 Å². The van der Waals surface area contributed by atoms with Gasteiger partial charge in [0.25, 0.3) is 0 Å². The molecule has 1 aromatic rings. The molecule has 1 unspecified atom stereocenters. The van der Waals surface area contributed by atoms with Crippen LogP contribution in [-0.2, 0) is 0 Å². The molecule has 0 heterocycles. The second kappa shape index (κ2) is 8.52. The van der Waals surface area contributed by atoms with E-state index in [0.717, 1.165) is 17.3 Å². The summed E-state index contributed by atoms with van der Waals surface area (Å²) in [4.78, 5) is 0. The molecule has 0 radical (unpaired) electrons. The predicted octanol–water partition coefficient (Wildman–Crippen LogP) is 3.94. The zero-order valence-electron chi connectivity index (χ0n) is 10.7. The van der Waals surface area contributed by atoms with Gasteiger partial charge in [-0.1, -0.05) is 0 Å². The molecule has 17 heavy (non-hydrogen) atoms. The van der Waals surface area contributed by atoms with Crippen molar-refractivity contribution >= 4 is 15.0 Å². The molecule has 0 saturated carbocycles. The fourth-order valence-electron chi connectivity index (χ4n) is 1.66. The van der Waals surface area contributed by atoms with Crippen LogP contribution < -0.4 is 0 Å². The van der Waals surface area contributed by atoms with Gasteiger partial charge in [0.15, 0.2) is 0 Å². The molecule has 1 aromatic carbocycles. The van der Waals surface area contributed by atoms with Crippen molar-refractivity contribution < 1.29 is 5.11 Å². The Bertz CT molecular complexity index is 332. The van der Waals surface area contributed by atoms with Gasteiger partial charge in [-0.25, -0.2) is 0 Å². The van der Waals surface area contributed by atoms with Gasteiger partial charge in [0.2, 0.25) is 0 Å². The van der Waals surface area contributed by atoms with Gasteiger partial charge >= 0.3 is 111 Å². The number of benzene rings is 1. The molecule has 0 spiro atoms. The molecular formula is C15H22OSe. The second-order valence-corrected chi connectivity index (χ2v) is 6.80. The standard InChI is InChI=1S/C15H22OSe/c1-3-5-7-12-14(17-4-2)15(16)13-10-8-6-9-11-13/h6,8-12,15-16H,3-5,7H2,1-2H3/b14-12-. The van der Waals surface area contributed by atoms with Gasteiger partial charge in [0.1, 0.15) is 0 Å². The Morgan fingerprint density at radius 3 is 2.59 bits per heavy atom. The van der Waals surface area contributed by atoms with Crippen LogP contribution in [0.2, 0.25) is 5.32 Å². The summed E-state index contributed by atoms with van der Waals surface area (Å²) >= 11 is 0.420. The van der Waals surface area contributed by atoms with E-state index in [-0.39, 0.29) is 0 Å². The quantitative estimate of drug-likeness (QED) is 0.597. The van der Waals surface area contributed by atoms with E-state index in [2.05, 4.69) is 19.9 Å². The van der Waals surface area contributed by atoms with Crippen LogP contribution in [0.3, 0.4) is 0 Å². The average Bonchev–Trinajstić information content (AvgIpc) is 2.38. The SMILES string of the molecule is CCCC/C=C(\[Se]CC)C(O)c1ccccc1. The number of unbranched alkanes of at least 4 members (excludes halogenated alkanes) is 2. The zero-order chi connectivity index (χ0) is 12.5. The van der Waals surface area contributed by atoms with Crippen LogP contribution in [-0.4, -0.2) is 20.1 Å². The van der Waals surface area contributed by atoms with Crippen LogP contribution in [0.1, 0.15) is 44.8 Å². The normalized spacial score (nSPS) is 13.7. The molecular weight excluding hydrogens is 275 g/mol. The van der Waals surface area contributed by atoms with Crippen molar-refractivity contribution in [2.45, 2.75) is 44.5 Å². The first-order valence-electron chi connectivity index (χ1n) is 6.35. The molecule has 0 fully saturated rings. The molecule has 1 N–H and O–H groups in total.